The number of hydrogen-bond donors (Lipinski definition) is 0. The average molecular weight is 290 g/mol. The second-order valence-electron chi connectivity index (χ2n) is 5.54. The molecule has 0 spiro atoms. The molecule has 22 heavy (non-hydrogen) atoms. The third-order valence-electron chi connectivity index (χ3n) is 3.87. The molecule has 110 valence electrons. The predicted octanol–water partition coefficient (Wildman–Crippen LogP) is 3.80. The molecule has 0 radical (unpaired) electrons. The van der Waals surface area contributed by atoms with Gasteiger partial charge in [0.2, 0.25) is 0 Å². The molecule has 0 aliphatic carbocycles. The molecule has 0 fully saturated rings. The molecule has 3 heteroatoms. The SMILES string of the molecule is C/C(=C/c1nc2ccccc2n(C)c1=O)c1ccc(C)cc1. The first-order valence-electron chi connectivity index (χ1n) is 7.27. The van der Waals surface area contributed by atoms with E-state index in [-0.39, 0.29) is 5.56 Å². The highest BCUT2D eigenvalue weighted by molar-refractivity contribution is 5.81. The lowest BCUT2D eigenvalue weighted by Crippen LogP contribution is -2.21. The van der Waals surface area contributed by atoms with Crippen LogP contribution in [0.15, 0.2) is 53.3 Å². The number of nitrogens with zero attached hydrogens (tertiary/aromatic N) is 2. The van der Waals surface area contributed by atoms with E-state index in [4.69, 9.17) is 0 Å². The zero-order chi connectivity index (χ0) is 15.7. The van der Waals surface area contributed by atoms with Crippen LogP contribution < -0.4 is 5.56 Å². The minimum Gasteiger partial charge on any atom is -0.308 e. The van der Waals surface area contributed by atoms with E-state index >= 15 is 0 Å². The van der Waals surface area contributed by atoms with Gasteiger partial charge in [-0.2, -0.15) is 0 Å². The summed E-state index contributed by atoms with van der Waals surface area (Å²) in [5, 5.41) is 0. The van der Waals surface area contributed by atoms with Gasteiger partial charge in [0.05, 0.1) is 11.0 Å². The minimum atomic E-state index is -0.0786. The van der Waals surface area contributed by atoms with Crippen molar-refractivity contribution in [2.45, 2.75) is 13.8 Å². The van der Waals surface area contributed by atoms with Crippen LogP contribution in [-0.4, -0.2) is 9.55 Å². The van der Waals surface area contributed by atoms with E-state index in [0.29, 0.717) is 5.69 Å². The lowest BCUT2D eigenvalue weighted by molar-refractivity contribution is 0.886. The third-order valence-corrected chi connectivity index (χ3v) is 3.87. The summed E-state index contributed by atoms with van der Waals surface area (Å²) in [4.78, 5) is 17.0. The summed E-state index contributed by atoms with van der Waals surface area (Å²) in [5.74, 6) is 0. The van der Waals surface area contributed by atoms with Crippen LogP contribution in [0, 0.1) is 6.92 Å². The third kappa shape index (κ3) is 2.58. The Labute approximate surface area is 129 Å². The number of benzene rings is 2. The van der Waals surface area contributed by atoms with Gasteiger partial charge in [-0.15, -0.1) is 0 Å². The highest BCUT2D eigenvalue weighted by Crippen LogP contribution is 2.17. The summed E-state index contributed by atoms with van der Waals surface area (Å²) >= 11 is 0. The monoisotopic (exact) mass is 290 g/mol. The summed E-state index contributed by atoms with van der Waals surface area (Å²) in [6.07, 6.45) is 1.86. The molecule has 0 amide bonds. The smallest absolute Gasteiger partial charge is 0.276 e. The van der Waals surface area contributed by atoms with E-state index in [1.807, 2.05) is 37.3 Å². The van der Waals surface area contributed by atoms with Gasteiger partial charge in [0.25, 0.3) is 5.56 Å². The van der Waals surface area contributed by atoms with Crippen molar-refractivity contribution in [3.8, 4) is 0 Å². The number of allylic oxidation sites excluding steroid dienone is 1. The first kappa shape index (κ1) is 14.3. The van der Waals surface area contributed by atoms with E-state index in [1.54, 1.807) is 11.6 Å². The molecule has 0 N–H and O–H groups in total. The molecule has 3 aromatic rings. The molecule has 3 nitrogen and oxygen atoms in total. The zero-order valence-electron chi connectivity index (χ0n) is 13.0. The molecule has 2 aromatic carbocycles. The zero-order valence-corrected chi connectivity index (χ0v) is 13.0. The van der Waals surface area contributed by atoms with Crippen LogP contribution in [-0.2, 0) is 7.05 Å². The Balaban J connectivity index is 2.14. The minimum absolute atomic E-state index is 0.0786. The van der Waals surface area contributed by atoms with Crippen LogP contribution in [0.5, 0.6) is 0 Å². The van der Waals surface area contributed by atoms with Crippen LogP contribution in [0.2, 0.25) is 0 Å². The van der Waals surface area contributed by atoms with Crippen LogP contribution in [0.4, 0.5) is 0 Å². The quantitative estimate of drug-likeness (QED) is 0.719. The van der Waals surface area contributed by atoms with E-state index in [9.17, 15) is 4.79 Å². The van der Waals surface area contributed by atoms with Crippen molar-refractivity contribution in [3.05, 3.63) is 75.7 Å². The van der Waals surface area contributed by atoms with E-state index in [1.165, 1.54) is 5.56 Å². The van der Waals surface area contributed by atoms with Gasteiger partial charge < -0.3 is 4.57 Å². The van der Waals surface area contributed by atoms with Gasteiger partial charge in [0.1, 0.15) is 5.69 Å². The van der Waals surface area contributed by atoms with Crippen molar-refractivity contribution in [1.29, 1.82) is 0 Å². The summed E-state index contributed by atoms with van der Waals surface area (Å²) in [6.45, 7) is 4.06. The number of para-hydroxylation sites is 2. The van der Waals surface area contributed by atoms with E-state index in [2.05, 4.69) is 36.2 Å². The maximum absolute atomic E-state index is 12.5. The first-order valence-corrected chi connectivity index (χ1v) is 7.27. The fourth-order valence-electron chi connectivity index (χ4n) is 2.50. The van der Waals surface area contributed by atoms with Crippen molar-refractivity contribution in [2.75, 3.05) is 0 Å². The Morgan fingerprint density at radius 1 is 1.09 bits per heavy atom. The van der Waals surface area contributed by atoms with Gasteiger partial charge in [-0.05, 0) is 43.2 Å². The fraction of sp³-hybridized carbons (Fsp3) is 0.158. The van der Waals surface area contributed by atoms with Crippen molar-refractivity contribution < 1.29 is 0 Å². The molecule has 0 saturated heterocycles. The Bertz CT molecular complexity index is 918. The fourth-order valence-corrected chi connectivity index (χ4v) is 2.50. The molecule has 1 aromatic heterocycles. The number of aromatic nitrogens is 2. The van der Waals surface area contributed by atoms with Gasteiger partial charge in [0.15, 0.2) is 0 Å². The van der Waals surface area contributed by atoms with Crippen molar-refractivity contribution in [2.24, 2.45) is 7.05 Å². The Morgan fingerprint density at radius 2 is 1.77 bits per heavy atom. The molecular weight excluding hydrogens is 272 g/mol. The van der Waals surface area contributed by atoms with Gasteiger partial charge in [0, 0.05) is 7.05 Å². The molecule has 3 rings (SSSR count). The number of aryl methyl sites for hydroxylation is 2. The normalized spacial score (nSPS) is 11.9. The molecule has 0 bridgehead atoms. The van der Waals surface area contributed by atoms with Crippen LogP contribution in [0.1, 0.15) is 23.7 Å². The van der Waals surface area contributed by atoms with Crippen molar-refractivity contribution >= 4 is 22.7 Å². The Hall–Kier alpha value is -2.68. The molecule has 0 aliphatic heterocycles. The number of hydrogen-bond acceptors (Lipinski definition) is 2. The standard InChI is InChI=1S/C19H18N2O/c1-13-8-10-15(11-9-13)14(2)12-17-19(22)21(3)18-7-5-4-6-16(18)20-17/h4-12H,1-3H3/b14-12-. The highest BCUT2D eigenvalue weighted by Gasteiger charge is 2.07. The summed E-state index contributed by atoms with van der Waals surface area (Å²) < 4.78 is 1.65. The van der Waals surface area contributed by atoms with Crippen LogP contribution >= 0.6 is 0 Å². The second kappa shape index (κ2) is 5.60. The van der Waals surface area contributed by atoms with Gasteiger partial charge >= 0.3 is 0 Å². The van der Waals surface area contributed by atoms with Crippen LogP contribution in [0.3, 0.4) is 0 Å². The Kier molecular flexibility index (Phi) is 3.63. The van der Waals surface area contributed by atoms with E-state index < -0.39 is 0 Å². The number of fused-ring (bicyclic) bond motifs is 1. The Morgan fingerprint density at radius 3 is 2.50 bits per heavy atom. The maximum atomic E-state index is 12.5. The van der Waals surface area contributed by atoms with Crippen LogP contribution in [0.25, 0.3) is 22.7 Å². The molecular formula is C19H18N2O. The number of rotatable bonds is 2. The van der Waals surface area contributed by atoms with Gasteiger partial charge in [-0.3, -0.25) is 4.79 Å². The molecule has 0 atom stereocenters. The molecule has 0 aliphatic rings. The van der Waals surface area contributed by atoms with Gasteiger partial charge in [-0.25, -0.2) is 4.98 Å². The average Bonchev–Trinajstić information content (AvgIpc) is 2.53. The van der Waals surface area contributed by atoms with Crippen molar-refractivity contribution in [1.82, 2.24) is 9.55 Å². The topological polar surface area (TPSA) is 34.9 Å². The summed E-state index contributed by atoms with van der Waals surface area (Å²) in [7, 11) is 1.78. The van der Waals surface area contributed by atoms with Crippen molar-refractivity contribution in [3.63, 3.8) is 0 Å². The van der Waals surface area contributed by atoms with Gasteiger partial charge in [-0.1, -0.05) is 42.0 Å². The summed E-state index contributed by atoms with van der Waals surface area (Å²) in [6, 6.07) is 15.9. The maximum Gasteiger partial charge on any atom is 0.276 e. The molecule has 0 unspecified atom stereocenters. The van der Waals surface area contributed by atoms with E-state index in [0.717, 1.165) is 22.2 Å². The first-order chi connectivity index (χ1) is 10.6. The second-order valence-corrected chi connectivity index (χ2v) is 5.54. The molecule has 0 saturated carbocycles. The lowest BCUT2D eigenvalue weighted by atomic mass is 10.0. The lowest BCUT2D eigenvalue weighted by Gasteiger charge is -2.07. The largest absolute Gasteiger partial charge is 0.308 e. The highest BCUT2D eigenvalue weighted by atomic mass is 16.1. The predicted molar refractivity (Wildman–Crippen MR) is 91.7 cm³/mol. The molecule has 1 heterocycles. The summed E-state index contributed by atoms with van der Waals surface area (Å²) in [5.41, 5.74) is 5.41.